The molecule has 2 aromatic rings. The molecule has 0 amide bonds. The summed E-state index contributed by atoms with van der Waals surface area (Å²) in [6.45, 7) is 0. The maximum absolute atomic E-state index is 5.45. The van der Waals surface area contributed by atoms with Gasteiger partial charge >= 0.3 is 0 Å². The van der Waals surface area contributed by atoms with E-state index in [1.54, 1.807) is 30.4 Å². The van der Waals surface area contributed by atoms with Crippen LogP contribution in [0.4, 0.5) is 5.95 Å². The second kappa shape index (κ2) is 4.10. The molecule has 0 unspecified atom stereocenters. The number of aromatic nitrogens is 4. The monoisotopic (exact) mass is 207 g/mol. The van der Waals surface area contributed by atoms with Gasteiger partial charge in [-0.15, -0.1) is 0 Å². The van der Waals surface area contributed by atoms with Crippen LogP contribution in [0.3, 0.4) is 0 Å². The highest BCUT2D eigenvalue weighted by atomic mass is 32.2. The summed E-state index contributed by atoms with van der Waals surface area (Å²) in [5.74, 6) is 1.04. The van der Waals surface area contributed by atoms with Crippen LogP contribution in [-0.4, -0.2) is 19.9 Å². The van der Waals surface area contributed by atoms with Gasteiger partial charge in [0.25, 0.3) is 0 Å². The van der Waals surface area contributed by atoms with E-state index in [0.717, 1.165) is 16.6 Å². The number of H-pyrrole nitrogens is 1. The van der Waals surface area contributed by atoms with E-state index in [-0.39, 0.29) is 0 Å². The molecule has 0 atom stereocenters. The van der Waals surface area contributed by atoms with Gasteiger partial charge in [0.15, 0.2) is 5.16 Å². The Bertz CT molecular complexity index is 400. The van der Waals surface area contributed by atoms with Gasteiger partial charge in [-0.2, -0.15) is 0 Å². The van der Waals surface area contributed by atoms with E-state index in [9.17, 15) is 0 Å². The Hall–Kier alpha value is -1.56. The van der Waals surface area contributed by atoms with Crippen LogP contribution in [0, 0.1) is 0 Å². The molecule has 0 fully saturated rings. The summed E-state index contributed by atoms with van der Waals surface area (Å²) in [4.78, 5) is 15.0. The summed E-state index contributed by atoms with van der Waals surface area (Å²) >= 11 is 1.58. The standard InChI is InChI=1S/C8H9N5S/c9-7-10-2-1-6(13-7)5-14-8-11-3-4-12-8/h1-4H,5H2,(H,11,12)(H2,9,10,13). The number of rotatable bonds is 3. The largest absolute Gasteiger partial charge is 0.368 e. The van der Waals surface area contributed by atoms with Gasteiger partial charge in [-0.1, -0.05) is 11.8 Å². The molecule has 3 N–H and O–H groups in total. The maximum Gasteiger partial charge on any atom is 0.220 e. The van der Waals surface area contributed by atoms with Crippen molar-refractivity contribution in [1.29, 1.82) is 0 Å². The number of hydrogen-bond donors (Lipinski definition) is 2. The van der Waals surface area contributed by atoms with Crippen molar-refractivity contribution in [1.82, 2.24) is 19.9 Å². The minimum atomic E-state index is 0.308. The molecule has 2 aromatic heterocycles. The lowest BCUT2D eigenvalue weighted by Crippen LogP contribution is -1.96. The summed E-state index contributed by atoms with van der Waals surface area (Å²) < 4.78 is 0. The zero-order valence-electron chi connectivity index (χ0n) is 7.34. The predicted octanol–water partition coefficient (Wildman–Crippen LogP) is 1.07. The van der Waals surface area contributed by atoms with Crippen molar-refractivity contribution in [3.63, 3.8) is 0 Å². The molecule has 0 aliphatic carbocycles. The van der Waals surface area contributed by atoms with Crippen LogP contribution in [0.5, 0.6) is 0 Å². The van der Waals surface area contributed by atoms with Crippen LogP contribution in [0.2, 0.25) is 0 Å². The smallest absolute Gasteiger partial charge is 0.220 e. The molecule has 0 bridgehead atoms. The first-order valence-electron chi connectivity index (χ1n) is 4.04. The highest BCUT2D eigenvalue weighted by molar-refractivity contribution is 7.98. The lowest BCUT2D eigenvalue weighted by molar-refractivity contribution is 1.05. The molecule has 0 saturated heterocycles. The zero-order chi connectivity index (χ0) is 9.80. The van der Waals surface area contributed by atoms with Crippen LogP contribution < -0.4 is 5.73 Å². The third kappa shape index (κ3) is 2.23. The number of hydrogen-bond acceptors (Lipinski definition) is 5. The third-order valence-electron chi connectivity index (χ3n) is 1.56. The quantitative estimate of drug-likeness (QED) is 0.736. The molecule has 6 heteroatoms. The van der Waals surface area contributed by atoms with E-state index in [0.29, 0.717) is 5.95 Å². The summed E-state index contributed by atoms with van der Waals surface area (Å²) in [5.41, 5.74) is 6.35. The SMILES string of the molecule is Nc1nccc(CSc2ncc[nH]2)n1. The van der Waals surface area contributed by atoms with Crippen molar-refractivity contribution in [3.05, 3.63) is 30.4 Å². The Kier molecular flexibility index (Phi) is 2.64. The van der Waals surface area contributed by atoms with E-state index in [1.165, 1.54) is 0 Å². The van der Waals surface area contributed by atoms with Gasteiger partial charge in [-0.25, -0.2) is 15.0 Å². The molecule has 0 radical (unpaired) electrons. The summed E-state index contributed by atoms with van der Waals surface area (Å²) in [6, 6.07) is 1.84. The van der Waals surface area contributed by atoms with Gasteiger partial charge in [0.1, 0.15) is 0 Å². The Morgan fingerprint density at radius 3 is 3.00 bits per heavy atom. The number of nitrogens with one attached hydrogen (secondary N) is 1. The van der Waals surface area contributed by atoms with Gasteiger partial charge in [-0.05, 0) is 6.07 Å². The number of aromatic amines is 1. The first kappa shape index (κ1) is 9.01. The van der Waals surface area contributed by atoms with E-state index in [1.807, 2.05) is 6.07 Å². The first-order chi connectivity index (χ1) is 6.84. The van der Waals surface area contributed by atoms with E-state index in [2.05, 4.69) is 19.9 Å². The summed E-state index contributed by atoms with van der Waals surface area (Å²) in [5, 5.41) is 0.877. The molecule has 0 spiro atoms. The minimum absolute atomic E-state index is 0.308. The Morgan fingerprint density at radius 1 is 1.36 bits per heavy atom. The van der Waals surface area contributed by atoms with Crippen molar-refractivity contribution in [2.24, 2.45) is 0 Å². The molecule has 2 rings (SSSR count). The third-order valence-corrected chi connectivity index (χ3v) is 2.50. The molecule has 72 valence electrons. The zero-order valence-corrected chi connectivity index (χ0v) is 8.16. The maximum atomic E-state index is 5.45. The fraction of sp³-hybridized carbons (Fsp3) is 0.125. The molecular weight excluding hydrogens is 198 g/mol. The highest BCUT2D eigenvalue weighted by Gasteiger charge is 1.99. The highest BCUT2D eigenvalue weighted by Crippen LogP contribution is 2.17. The lowest BCUT2D eigenvalue weighted by atomic mass is 10.5. The van der Waals surface area contributed by atoms with Crippen molar-refractivity contribution in [2.75, 3.05) is 5.73 Å². The van der Waals surface area contributed by atoms with Crippen LogP contribution in [0.1, 0.15) is 5.69 Å². The molecule has 14 heavy (non-hydrogen) atoms. The van der Waals surface area contributed by atoms with Crippen molar-refractivity contribution < 1.29 is 0 Å². The van der Waals surface area contributed by atoms with E-state index >= 15 is 0 Å². The first-order valence-corrected chi connectivity index (χ1v) is 5.03. The average molecular weight is 207 g/mol. The van der Waals surface area contributed by atoms with Crippen LogP contribution in [-0.2, 0) is 5.75 Å². The second-order valence-electron chi connectivity index (χ2n) is 2.59. The van der Waals surface area contributed by atoms with E-state index in [4.69, 9.17) is 5.73 Å². The topological polar surface area (TPSA) is 80.5 Å². The number of nitrogen functional groups attached to an aromatic ring is 1. The molecule has 0 aliphatic heterocycles. The van der Waals surface area contributed by atoms with Gasteiger partial charge in [0.05, 0.1) is 5.69 Å². The predicted molar refractivity (Wildman–Crippen MR) is 54.6 cm³/mol. The molecule has 2 heterocycles. The molecule has 0 saturated carbocycles. The molecule has 0 aliphatic rings. The number of imidazole rings is 1. The number of nitrogens with zero attached hydrogens (tertiary/aromatic N) is 3. The Labute approximate surface area is 85.2 Å². The number of thioether (sulfide) groups is 1. The van der Waals surface area contributed by atoms with Gasteiger partial charge in [0.2, 0.25) is 5.95 Å². The van der Waals surface area contributed by atoms with Crippen LogP contribution >= 0.6 is 11.8 Å². The fourth-order valence-electron chi connectivity index (χ4n) is 0.965. The van der Waals surface area contributed by atoms with Crippen LogP contribution in [0.25, 0.3) is 0 Å². The van der Waals surface area contributed by atoms with Crippen LogP contribution in [0.15, 0.2) is 29.8 Å². The lowest BCUT2D eigenvalue weighted by Gasteiger charge is -1.98. The van der Waals surface area contributed by atoms with Crippen molar-refractivity contribution in [2.45, 2.75) is 10.9 Å². The fourth-order valence-corrected chi connectivity index (χ4v) is 1.70. The normalized spacial score (nSPS) is 10.3. The van der Waals surface area contributed by atoms with Gasteiger partial charge in [0, 0.05) is 24.3 Å². The number of nitrogens with two attached hydrogens (primary N) is 1. The molecule has 0 aromatic carbocycles. The Morgan fingerprint density at radius 2 is 2.29 bits per heavy atom. The minimum Gasteiger partial charge on any atom is -0.368 e. The van der Waals surface area contributed by atoms with E-state index < -0.39 is 0 Å². The van der Waals surface area contributed by atoms with Gasteiger partial charge in [-0.3, -0.25) is 0 Å². The second-order valence-corrected chi connectivity index (χ2v) is 3.55. The Balaban J connectivity index is 1.98. The molecular formula is C8H9N5S. The van der Waals surface area contributed by atoms with Gasteiger partial charge < -0.3 is 10.7 Å². The summed E-state index contributed by atoms with van der Waals surface area (Å²) in [7, 11) is 0. The number of anilines is 1. The average Bonchev–Trinajstić information content (AvgIpc) is 2.67. The van der Waals surface area contributed by atoms with Crippen molar-refractivity contribution in [3.8, 4) is 0 Å². The van der Waals surface area contributed by atoms with Crippen molar-refractivity contribution >= 4 is 17.7 Å². The summed E-state index contributed by atoms with van der Waals surface area (Å²) in [6.07, 6.45) is 5.16. The molecule has 5 nitrogen and oxygen atoms in total.